The van der Waals surface area contributed by atoms with Crippen LogP contribution in [0.1, 0.15) is 25.8 Å². The van der Waals surface area contributed by atoms with Crippen LogP contribution in [0.25, 0.3) is 0 Å². The largest absolute Gasteiger partial charge is 0.312 e. The fourth-order valence-corrected chi connectivity index (χ4v) is 1.15. The molecule has 0 amide bonds. The first-order chi connectivity index (χ1) is 6.29. The van der Waals surface area contributed by atoms with Gasteiger partial charge in [-0.2, -0.15) is 9.49 Å². The molecular formula is C9H16FN3. The lowest BCUT2D eigenvalue weighted by molar-refractivity contribution is 0.460. The molecule has 1 heterocycles. The Morgan fingerprint density at radius 1 is 1.54 bits per heavy atom. The maximum atomic E-state index is 13.3. The van der Waals surface area contributed by atoms with Crippen LogP contribution in [0.15, 0.2) is 6.20 Å². The summed E-state index contributed by atoms with van der Waals surface area (Å²) >= 11 is 0. The molecule has 13 heavy (non-hydrogen) atoms. The predicted molar refractivity (Wildman–Crippen MR) is 49.9 cm³/mol. The first-order valence-corrected chi connectivity index (χ1v) is 4.70. The van der Waals surface area contributed by atoms with Crippen molar-refractivity contribution in [2.75, 3.05) is 6.54 Å². The molecule has 1 N–H and O–H groups in total. The number of nitrogens with zero attached hydrogens (tertiary/aromatic N) is 2. The van der Waals surface area contributed by atoms with Gasteiger partial charge < -0.3 is 5.32 Å². The number of aromatic nitrogens is 2. The number of aryl methyl sites for hydroxylation is 1. The van der Waals surface area contributed by atoms with E-state index in [-0.39, 0.29) is 5.95 Å². The van der Waals surface area contributed by atoms with Gasteiger partial charge in [0.1, 0.15) is 0 Å². The molecule has 0 saturated heterocycles. The van der Waals surface area contributed by atoms with Crippen molar-refractivity contribution in [3.05, 3.63) is 17.7 Å². The molecule has 0 radical (unpaired) electrons. The van der Waals surface area contributed by atoms with Gasteiger partial charge in [0.15, 0.2) is 0 Å². The average molecular weight is 185 g/mol. The summed E-state index contributed by atoms with van der Waals surface area (Å²) in [5.41, 5.74) is 0.648. The third-order valence-electron chi connectivity index (χ3n) is 1.89. The third kappa shape index (κ3) is 2.52. The fourth-order valence-electron chi connectivity index (χ4n) is 1.15. The molecule has 1 rings (SSSR count). The average Bonchev–Trinajstić information content (AvgIpc) is 2.48. The van der Waals surface area contributed by atoms with Crippen molar-refractivity contribution in [3.63, 3.8) is 0 Å². The van der Waals surface area contributed by atoms with E-state index < -0.39 is 0 Å². The maximum absolute atomic E-state index is 13.3. The Hall–Kier alpha value is -0.900. The molecule has 0 aromatic carbocycles. The van der Waals surface area contributed by atoms with Crippen molar-refractivity contribution in [3.8, 4) is 0 Å². The highest BCUT2D eigenvalue weighted by molar-refractivity contribution is 5.06. The lowest BCUT2D eigenvalue weighted by atomic mass is 10.3. The van der Waals surface area contributed by atoms with Gasteiger partial charge >= 0.3 is 0 Å². The van der Waals surface area contributed by atoms with Gasteiger partial charge in [0.25, 0.3) is 0 Å². The van der Waals surface area contributed by atoms with Crippen LogP contribution >= 0.6 is 0 Å². The first kappa shape index (κ1) is 10.2. The lowest BCUT2D eigenvalue weighted by Crippen LogP contribution is -2.14. The molecule has 0 atom stereocenters. The van der Waals surface area contributed by atoms with Crippen LogP contribution in [0.4, 0.5) is 4.39 Å². The summed E-state index contributed by atoms with van der Waals surface area (Å²) in [5, 5.41) is 7.05. The highest BCUT2D eigenvalue weighted by Gasteiger charge is 2.07. The van der Waals surface area contributed by atoms with Crippen molar-refractivity contribution >= 4 is 0 Å². The quantitative estimate of drug-likeness (QED) is 0.705. The zero-order valence-corrected chi connectivity index (χ0v) is 8.18. The summed E-state index contributed by atoms with van der Waals surface area (Å²) in [6, 6.07) is 0. The normalized spacial score (nSPS) is 10.7. The van der Waals surface area contributed by atoms with Crippen LogP contribution in [0.5, 0.6) is 0 Å². The van der Waals surface area contributed by atoms with Gasteiger partial charge in [-0.25, -0.2) is 4.68 Å². The van der Waals surface area contributed by atoms with E-state index in [1.807, 2.05) is 6.92 Å². The number of hydrogen-bond donors (Lipinski definition) is 1. The summed E-state index contributed by atoms with van der Waals surface area (Å²) in [5.74, 6) is -0.217. The van der Waals surface area contributed by atoms with Crippen molar-refractivity contribution < 1.29 is 4.39 Å². The zero-order valence-electron chi connectivity index (χ0n) is 8.18. The summed E-state index contributed by atoms with van der Waals surface area (Å²) < 4.78 is 14.7. The van der Waals surface area contributed by atoms with Crippen LogP contribution in [-0.4, -0.2) is 16.3 Å². The second-order valence-corrected chi connectivity index (χ2v) is 2.95. The lowest BCUT2D eigenvalue weighted by Gasteiger charge is -2.00. The topological polar surface area (TPSA) is 29.9 Å². The Balaban J connectivity index is 2.51. The van der Waals surface area contributed by atoms with Gasteiger partial charge in [0, 0.05) is 18.7 Å². The van der Waals surface area contributed by atoms with Gasteiger partial charge in [-0.05, 0) is 19.9 Å². The second-order valence-electron chi connectivity index (χ2n) is 2.95. The minimum atomic E-state index is -0.217. The van der Waals surface area contributed by atoms with E-state index in [1.54, 1.807) is 6.20 Å². The van der Waals surface area contributed by atoms with Crippen LogP contribution in [-0.2, 0) is 13.1 Å². The second kappa shape index (κ2) is 4.97. The standard InChI is InChI=1S/C9H16FN3/c1-3-5-11-6-8-7-12-13(4-2)9(8)10/h7,11H,3-6H2,1-2H3. The van der Waals surface area contributed by atoms with Gasteiger partial charge in [0.05, 0.1) is 6.20 Å². The Labute approximate surface area is 77.9 Å². The van der Waals surface area contributed by atoms with Crippen molar-refractivity contribution in [1.82, 2.24) is 15.1 Å². The van der Waals surface area contributed by atoms with E-state index in [4.69, 9.17) is 0 Å². The Bertz CT molecular complexity index is 257. The number of hydrogen-bond acceptors (Lipinski definition) is 2. The molecular weight excluding hydrogens is 169 g/mol. The summed E-state index contributed by atoms with van der Waals surface area (Å²) in [4.78, 5) is 0. The molecule has 1 aromatic heterocycles. The molecule has 0 saturated carbocycles. The van der Waals surface area contributed by atoms with E-state index >= 15 is 0 Å². The maximum Gasteiger partial charge on any atom is 0.215 e. The first-order valence-electron chi connectivity index (χ1n) is 4.70. The van der Waals surface area contributed by atoms with E-state index in [1.165, 1.54) is 4.68 Å². The van der Waals surface area contributed by atoms with Crippen LogP contribution in [0.2, 0.25) is 0 Å². The van der Waals surface area contributed by atoms with E-state index in [0.29, 0.717) is 18.7 Å². The van der Waals surface area contributed by atoms with Gasteiger partial charge in [-0.3, -0.25) is 0 Å². The number of rotatable bonds is 5. The molecule has 0 spiro atoms. The molecule has 3 nitrogen and oxygen atoms in total. The Morgan fingerprint density at radius 2 is 2.31 bits per heavy atom. The predicted octanol–water partition coefficient (Wildman–Crippen LogP) is 1.54. The van der Waals surface area contributed by atoms with Gasteiger partial charge in [-0.15, -0.1) is 0 Å². The number of halogens is 1. The highest BCUT2D eigenvalue weighted by atomic mass is 19.1. The van der Waals surface area contributed by atoms with E-state index in [0.717, 1.165) is 13.0 Å². The molecule has 0 fully saturated rings. The van der Waals surface area contributed by atoms with Crippen molar-refractivity contribution in [2.45, 2.75) is 33.4 Å². The molecule has 0 unspecified atom stereocenters. The minimum Gasteiger partial charge on any atom is -0.312 e. The molecule has 1 aromatic rings. The van der Waals surface area contributed by atoms with Crippen molar-refractivity contribution in [1.29, 1.82) is 0 Å². The highest BCUT2D eigenvalue weighted by Crippen LogP contribution is 2.05. The molecule has 4 heteroatoms. The van der Waals surface area contributed by atoms with Gasteiger partial charge in [-0.1, -0.05) is 6.92 Å². The molecule has 0 aliphatic heterocycles. The van der Waals surface area contributed by atoms with E-state index in [2.05, 4.69) is 17.3 Å². The summed E-state index contributed by atoms with van der Waals surface area (Å²) in [6.07, 6.45) is 2.64. The monoisotopic (exact) mass is 185 g/mol. The smallest absolute Gasteiger partial charge is 0.215 e. The summed E-state index contributed by atoms with van der Waals surface area (Å²) in [7, 11) is 0. The van der Waals surface area contributed by atoms with Crippen LogP contribution < -0.4 is 5.32 Å². The summed E-state index contributed by atoms with van der Waals surface area (Å²) in [6.45, 7) is 6.02. The molecule has 0 aliphatic carbocycles. The third-order valence-corrected chi connectivity index (χ3v) is 1.89. The molecule has 0 bridgehead atoms. The minimum absolute atomic E-state index is 0.217. The Kier molecular flexibility index (Phi) is 3.89. The molecule has 0 aliphatic rings. The zero-order chi connectivity index (χ0) is 9.68. The van der Waals surface area contributed by atoms with Crippen molar-refractivity contribution in [2.24, 2.45) is 0 Å². The fraction of sp³-hybridized carbons (Fsp3) is 0.667. The van der Waals surface area contributed by atoms with Crippen LogP contribution in [0, 0.1) is 5.95 Å². The Morgan fingerprint density at radius 3 is 2.85 bits per heavy atom. The van der Waals surface area contributed by atoms with Gasteiger partial charge in [0.2, 0.25) is 5.95 Å². The molecule has 74 valence electrons. The van der Waals surface area contributed by atoms with Crippen LogP contribution in [0.3, 0.4) is 0 Å². The number of nitrogens with one attached hydrogen (secondary N) is 1. The SMILES string of the molecule is CCCNCc1cnn(CC)c1F. The van der Waals surface area contributed by atoms with E-state index in [9.17, 15) is 4.39 Å².